The number of hydrogen-bond acceptors (Lipinski definition) is 14. The molecule has 13 nitrogen and oxygen atoms in total. The van der Waals surface area contributed by atoms with Crippen molar-refractivity contribution in [1.29, 1.82) is 5.26 Å². The molecule has 1 aliphatic rings. The highest BCUT2D eigenvalue weighted by Crippen LogP contribution is 2.42. The Morgan fingerprint density at radius 1 is 1.23 bits per heavy atom. The summed E-state index contributed by atoms with van der Waals surface area (Å²) in [7, 11) is 0. The van der Waals surface area contributed by atoms with Gasteiger partial charge in [0.05, 0.1) is 6.20 Å². The molecule has 0 N–H and O–H groups in total. The Labute approximate surface area is 249 Å². The molecule has 3 aromatic rings. The van der Waals surface area contributed by atoms with Crippen LogP contribution in [0.2, 0.25) is 5.15 Å². The largest absolute Gasteiger partial charge is 0.463 e. The fourth-order valence-corrected chi connectivity index (χ4v) is 6.47. The van der Waals surface area contributed by atoms with Crippen LogP contribution in [0, 0.1) is 11.3 Å². The molecule has 17 heteroatoms. The van der Waals surface area contributed by atoms with Crippen LogP contribution in [-0.4, -0.2) is 73.2 Å². The molecule has 4 heterocycles. The van der Waals surface area contributed by atoms with Gasteiger partial charge in [-0.15, -0.1) is 16.4 Å². The molecule has 40 heavy (non-hydrogen) atoms. The van der Waals surface area contributed by atoms with Gasteiger partial charge in [-0.1, -0.05) is 28.6 Å². The van der Waals surface area contributed by atoms with Crippen molar-refractivity contribution < 1.29 is 33.3 Å². The van der Waals surface area contributed by atoms with Crippen molar-refractivity contribution in [3.63, 3.8) is 0 Å². The second kappa shape index (κ2) is 13.0. The summed E-state index contributed by atoms with van der Waals surface area (Å²) in [6.07, 6.45) is -0.262. The first-order valence-corrected chi connectivity index (χ1v) is 14.4. The molecule has 5 atom stereocenters. The molecule has 0 spiro atoms. The van der Waals surface area contributed by atoms with Gasteiger partial charge in [-0.2, -0.15) is 5.26 Å². The highest BCUT2D eigenvalue weighted by Gasteiger charge is 2.52. The molecule has 1 saturated heterocycles. The van der Waals surface area contributed by atoms with Crippen LogP contribution < -0.4 is 0 Å². The summed E-state index contributed by atoms with van der Waals surface area (Å²) in [4.78, 5) is 45.0. The van der Waals surface area contributed by atoms with Crippen molar-refractivity contribution in [2.75, 3.05) is 6.61 Å². The van der Waals surface area contributed by atoms with E-state index in [1.807, 2.05) is 6.07 Å². The zero-order valence-corrected chi connectivity index (χ0v) is 25.0. The number of carbonyl (C=O) groups is 3. The van der Waals surface area contributed by atoms with Crippen LogP contribution in [0.1, 0.15) is 32.5 Å². The lowest BCUT2D eigenvalue weighted by Gasteiger charge is -2.44. The second-order valence-electron chi connectivity index (χ2n) is 8.27. The Hall–Kier alpha value is -3.10. The van der Waals surface area contributed by atoms with Gasteiger partial charge in [0.25, 0.3) is 0 Å². The van der Waals surface area contributed by atoms with Gasteiger partial charge in [-0.25, -0.2) is 14.6 Å². The number of halogens is 2. The average Bonchev–Trinajstić information content (AvgIpc) is 3.53. The summed E-state index contributed by atoms with van der Waals surface area (Å²) >= 11 is 11.6. The minimum absolute atomic E-state index is 0.109. The van der Waals surface area contributed by atoms with E-state index in [-0.39, 0.29) is 17.5 Å². The van der Waals surface area contributed by atoms with E-state index in [0.717, 1.165) is 11.8 Å². The smallest absolute Gasteiger partial charge is 0.303 e. The topological polar surface area (TPSA) is 168 Å². The summed E-state index contributed by atoms with van der Waals surface area (Å²) in [6, 6.07) is 2.69. The fourth-order valence-electron chi connectivity index (χ4n) is 3.89. The zero-order chi connectivity index (χ0) is 29.0. The number of thioether (sulfide) groups is 1. The van der Waals surface area contributed by atoms with Crippen LogP contribution >= 0.6 is 50.6 Å². The average molecular weight is 672 g/mol. The first kappa shape index (κ1) is 29.9. The quantitative estimate of drug-likeness (QED) is 0.252. The molecule has 0 aromatic carbocycles. The van der Waals surface area contributed by atoms with E-state index in [4.69, 9.17) is 30.5 Å². The first-order chi connectivity index (χ1) is 19.0. The van der Waals surface area contributed by atoms with Gasteiger partial charge in [0.15, 0.2) is 17.9 Å². The maximum Gasteiger partial charge on any atom is 0.303 e. The fraction of sp³-hybridized carbons (Fsp3) is 0.391. The molecule has 0 saturated carbocycles. The number of pyridine rings is 1. The lowest BCUT2D eigenvalue weighted by Crippen LogP contribution is -2.57. The summed E-state index contributed by atoms with van der Waals surface area (Å²) in [5, 5.41) is 20.4. The van der Waals surface area contributed by atoms with Crippen molar-refractivity contribution in [3.05, 3.63) is 39.2 Å². The Morgan fingerprint density at radius 2 is 1.95 bits per heavy atom. The number of esters is 3. The van der Waals surface area contributed by atoms with Gasteiger partial charge in [0.1, 0.15) is 46.1 Å². The third-order valence-electron chi connectivity index (χ3n) is 5.35. The normalized spacial score (nSPS) is 22.2. The van der Waals surface area contributed by atoms with Gasteiger partial charge in [0, 0.05) is 41.7 Å². The minimum atomic E-state index is -1.14. The molecule has 1 fully saturated rings. The van der Waals surface area contributed by atoms with Gasteiger partial charge < -0.3 is 18.9 Å². The minimum Gasteiger partial charge on any atom is -0.463 e. The lowest BCUT2D eigenvalue weighted by molar-refractivity contribution is -0.212. The number of thiazole rings is 1. The predicted octanol–water partition coefficient (Wildman–Crippen LogP) is 3.57. The van der Waals surface area contributed by atoms with Gasteiger partial charge >= 0.3 is 17.9 Å². The van der Waals surface area contributed by atoms with Crippen LogP contribution in [-0.2, 0) is 33.3 Å². The molecule has 210 valence electrons. The van der Waals surface area contributed by atoms with E-state index >= 15 is 0 Å². The van der Waals surface area contributed by atoms with Gasteiger partial charge in [-0.3, -0.25) is 14.4 Å². The van der Waals surface area contributed by atoms with Gasteiger partial charge in [-0.05, 0) is 22.0 Å². The molecule has 1 aliphatic heterocycles. The molecule has 0 bridgehead atoms. The first-order valence-electron chi connectivity index (χ1n) is 11.4. The van der Waals surface area contributed by atoms with E-state index in [1.54, 1.807) is 17.6 Å². The standard InChI is InChI=1S/C23H20BrClN6O7S2/c1-10(32)35-8-16-20(36-11(2)33)19(31-7-15(29-30-31)22-28-18(25)9-39-22)21(37-12(3)34)23(38-16)40-17-4-13(24)6-27-14(17)5-26/h4,6-7,9,16,19-21,23H,8H2,1-3H3/t16-,19+,20+,21-,23-/m1/s1. The second-order valence-corrected chi connectivity index (χ2v) is 11.6. The van der Waals surface area contributed by atoms with E-state index in [0.29, 0.717) is 20.1 Å². The third kappa shape index (κ3) is 7.15. The Morgan fingerprint density at radius 3 is 2.58 bits per heavy atom. The number of rotatable bonds is 8. The molecule has 0 aliphatic carbocycles. The lowest BCUT2D eigenvalue weighted by atomic mass is 9.96. The van der Waals surface area contributed by atoms with Crippen LogP contribution in [0.3, 0.4) is 0 Å². The van der Waals surface area contributed by atoms with Crippen molar-refractivity contribution >= 4 is 68.5 Å². The number of nitriles is 1. The van der Waals surface area contributed by atoms with Crippen LogP contribution in [0.5, 0.6) is 0 Å². The zero-order valence-electron chi connectivity index (χ0n) is 21.0. The van der Waals surface area contributed by atoms with Crippen molar-refractivity contribution in [1.82, 2.24) is 25.0 Å². The Bertz CT molecular complexity index is 1460. The molecule has 0 unspecified atom stereocenters. The monoisotopic (exact) mass is 670 g/mol. The number of aromatic nitrogens is 5. The molecule has 0 amide bonds. The highest BCUT2D eigenvalue weighted by molar-refractivity contribution is 9.10. The van der Waals surface area contributed by atoms with Gasteiger partial charge in [0.2, 0.25) is 0 Å². The van der Waals surface area contributed by atoms with Crippen molar-refractivity contribution in [2.45, 2.75) is 55.5 Å². The number of carbonyl (C=O) groups excluding carboxylic acids is 3. The molecule has 0 radical (unpaired) electrons. The van der Waals surface area contributed by atoms with E-state index in [9.17, 15) is 19.6 Å². The van der Waals surface area contributed by atoms with Crippen molar-refractivity contribution in [3.8, 4) is 16.8 Å². The Kier molecular flexibility index (Phi) is 9.74. The van der Waals surface area contributed by atoms with Crippen molar-refractivity contribution in [2.24, 2.45) is 0 Å². The number of hydrogen-bond donors (Lipinski definition) is 0. The summed E-state index contributed by atoms with van der Waals surface area (Å²) < 4.78 is 24.8. The molecular weight excluding hydrogens is 652 g/mol. The van der Waals surface area contributed by atoms with Crippen LogP contribution in [0.4, 0.5) is 0 Å². The molecular formula is C23H20BrClN6O7S2. The summed E-state index contributed by atoms with van der Waals surface area (Å²) in [5.74, 6) is -1.89. The number of ether oxygens (including phenoxy) is 4. The van der Waals surface area contributed by atoms with Crippen LogP contribution in [0.25, 0.3) is 10.7 Å². The summed E-state index contributed by atoms with van der Waals surface area (Å²) in [6.45, 7) is 3.36. The highest BCUT2D eigenvalue weighted by atomic mass is 79.9. The van der Waals surface area contributed by atoms with E-state index < -0.39 is 47.7 Å². The third-order valence-corrected chi connectivity index (χ3v) is 8.15. The maximum absolute atomic E-state index is 12.3. The maximum atomic E-state index is 12.3. The summed E-state index contributed by atoms with van der Waals surface area (Å²) in [5.41, 5.74) is -0.515. The predicted molar refractivity (Wildman–Crippen MR) is 144 cm³/mol. The van der Waals surface area contributed by atoms with E-state index in [2.05, 4.69) is 36.2 Å². The van der Waals surface area contributed by atoms with Crippen LogP contribution in [0.15, 0.2) is 33.2 Å². The molecule has 3 aromatic heterocycles. The SMILES string of the molecule is CC(=O)OC[C@H]1O[C@H](Sc2cc(Br)cnc2C#N)[C@H](OC(C)=O)[C@@H](n2cc(-c3nc(Cl)cs3)nn2)[C@H]1OC(C)=O. The Balaban J connectivity index is 1.82. The van der Waals surface area contributed by atoms with E-state index in [1.165, 1.54) is 43.0 Å². The number of nitrogens with zero attached hydrogens (tertiary/aromatic N) is 6. The molecule has 4 rings (SSSR count).